The fourth-order valence-electron chi connectivity index (χ4n) is 2.48. The molecule has 0 radical (unpaired) electrons. The predicted octanol–water partition coefficient (Wildman–Crippen LogP) is 3.43. The van der Waals surface area contributed by atoms with Gasteiger partial charge in [0.2, 0.25) is 5.91 Å². The van der Waals surface area contributed by atoms with Crippen LogP contribution in [0, 0.1) is 0 Å². The zero-order valence-electron chi connectivity index (χ0n) is 15.9. The topological polar surface area (TPSA) is 65.5 Å². The Bertz CT molecular complexity index is 753. The molecule has 26 heavy (non-hydrogen) atoms. The zero-order chi connectivity index (χ0) is 18.3. The minimum Gasteiger partial charge on any atom is -0.357 e. The van der Waals surface area contributed by atoms with E-state index in [0.29, 0.717) is 12.5 Å². The van der Waals surface area contributed by atoms with Gasteiger partial charge in [0.1, 0.15) is 0 Å². The molecule has 0 heterocycles. The summed E-state index contributed by atoms with van der Waals surface area (Å²) in [6, 6.07) is 14.6. The number of benzene rings is 2. The lowest BCUT2D eigenvalue weighted by molar-refractivity contribution is -0.121. The third-order valence-electron chi connectivity index (χ3n) is 3.51. The average molecular weight is 468 g/mol. The minimum atomic E-state index is -0.237. The lowest BCUT2D eigenvalue weighted by atomic mass is 10.1. The largest absolute Gasteiger partial charge is 0.357 e. The molecule has 0 aromatic heterocycles. The van der Waals surface area contributed by atoms with Crippen molar-refractivity contribution in [3.63, 3.8) is 0 Å². The van der Waals surface area contributed by atoms with Gasteiger partial charge < -0.3 is 16.0 Å². The molecule has 0 aliphatic rings. The molecule has 0 spiro atoms. The van der Waals surface area contributed by atoms with Crippen molar-refractivity contribution in [2.75, 3.05) is 13.1 Å². The van der Waals surface area contributed by atoms with Crippen molar-refractivity contribution in [2.24, 2.45) is 4.99 Å². The number of nitrogens with zero attached hydrogens (tertiary/aromatic N) is 1. The van der Waals surface area contributed by atoms with Gasteiger partial charge in [-0.15, -0.1) is 24.0 Å². The number of aliphatic imine (C=N–C) groups is 1. The molecule has 6 heteroatoms. The second kappa shape index (κ2) is 10.4. The Morgan fingerprint density at radius 3 is 2.38 bits per heavy atom. The third-order valence-corrected chi connectivity index (χ3v) is 3.51. The summed E-state index contributed by atoms with van der Waals surface area (Å²) in [5, 5.41) is 11.6. The number of halogens is 1. The molecular weight excluding hydrogens is 439 g/mol. The number of guanidine groups is 1. The molecule has 0 saturated carbocycles. The van der Waals surface area contributed by atoms with E-state index in [1.807, 2.05) is 39.8 Å². The molecule has 0 aliphatic heterocycles. The highest BCUT2D eigenvalue weighted by Gasteiger charge is 2.13. The van der Waals surface area contributed by atoms with Crippen molar-refractivity contribution >= 4 is 46.6 Å². The summed E-state index contributed by atoms with van der Waals surface area (Å²) >= 11 is 0. The van der Waals surface area contributed by atoms with E-state index < -0.39 is 0 Å². The van der Waals surface area contributed by atoms with Crippen LogP contribution in [0.3, 0.4) is 0 Å². The highest BCUT2D eigenvalue weighted by molar-refractivity contribution is 14.0. The van der Waals surface area contributed by atoms with Crippen LogP contribution in [0.5, 0.6) is 0 Å². The number of hydrogen-bond donors (Lipinski definition) is 3. The minimum absolute atomic E-state index is 0. The van der Waals surface area contributed by atoms with Gasteiger partial charge in [0.05, 0.1) is 13.1 Å². The number of amides is 1. The molecule has 5 nitrogen and oxygen atoms in total. The van der Waals surface area contributed by atoms with Crippen molar-refractivity contribution in [3.8, 4) is 0 Å². The van der Waals surface area contributed by atoms with Gasteiger partial charge in [0.25, 0.3) is 0 Å². The summed E-state index contributed by atoms with van der Waals surface area (Å²) in [6.07, 6.45) is 0. The number of rotatable bonds is 5. The summed E-state index contributed by atoms with van der Waals surface area (Å²) in [4.78, 5) is 16.5. The van der Waals surface area contributed by atoms with Crippen LogP contribution in [0.4, 0.5) is 0 Å². The molecule has 0 aliphatic carbocycles. The van der Waals surface area contributed by atoms with E-state index in [1.54, 1.807) is 0 Å². The number of carbonyl (C=O) groups excluding carboxylic acids is 1. The first-order valence-corrected chi connectivity index (χ1v) is 8.68. The van der Waals surface area contributed by atoms with Crippen molar-refractivity contribution in [1.29, 1.82) is 0 Å². The first-order valence-electron chi connectivity index (χ1n) is 8.68. The van der Waals surface area contributed by atoms with Gasteiger partial charge in [-0.3, -0.25) is 4.79 Å². The second-order valence-corrected chi connectivity index (χ2v) is 7.03. The van der Waals surface area contributed by atoms with E-state index in [0.717, 1.165) is 12.1 Å². The number of fused-ring (bicyclic) bond motifs is 1. The molecule has 2 aromatic carbocycles. The summed E-state index contributed by atoms with van der Waals surface area (Å²) in [7, 11) is 0. The Labute approximate surface area is 173 Å². The fourth-order valence-corrected chi connectivity index (χ4v) is 2.48. The lowest BCUT2D eigenvalue weighted by Gasteiger charge is -2.21. The maximum absolute atomic E-state index is 11.9. The molecule has 142 valence electrons. The van der Waals surface area contributed by atoms with E-state index in [1.165, 1.54) is 10.8 Å². The maximum atomic E-state index is 11.9. The van der Waals surface area contributed by atoms with Crippen LogP contribution in [0.1, 0.15) is 33.3 Å². The van der Waals surface area contributed by atoms with Crippen LogP contribution in [0.25, 0.3) is 10.8 Å². The molecule has 3 N–H and O–H groups in total. The first-order chi connectivity index (χ1) is 11.9. The van der Waals surface area contributed by atoms with Crippen molar-refractivity contribution in [2.45, 2.75) is 39.8 Å². The Kier molecular flexibility index (Phi) is 8.84. The monoisotopic (exact) mass is 468 g/mol. The van der Waals surface area contributed by atoms with Crippen LogP contribution < -0.4 is 16.0 Å². The molecule has 0 atom stereocenters. The summed E-state index contributed by atoms with van der Waals surface area (Å²) < 4.78 is 0. The zero-order valence-corrected chi connectivity index (χ0v) is 18.3. The van der Waals surface area contributed by atoms with Crippen LogP contribution in [0.2, 0.25) is 0 Å². The van der Waals surface area contributed by atoms with E-state index in [-0.39, 0.29) is 42.0 Å². The van der Waals surface area contributed by atoms with Crippen LogP contribution in [-0.4, -0.2) is 30.5 Å². The van der Waals surface area contributed by atoms with Crippen molar-refractivity contribution < 1.29 is 4.79 Å². The summed E-state index contributed by atoms with van der Waals surface area (Å²) in [6.45, 7) is 9.38. The smallest absolute Gasteiger partial charge is 0.239 e. The van der Waals surface area contributed by atoms with Crippen molar-refractivity contribution in [1.82, 2.24) is 16.0 Å². The normalized spacial score (nSPS) is 11.6. The molecule has 0 saturated heterocycles. The fraction of sp³-hybridized carbons (Fsp3) is 0.400. The molecule has 0 fully saturated rings. The Balaban J connectivity index is 0.00000338. The number of carbonyl (C=O) groups is 1. The highest BCUT2D eigenvalue weighted by Crippen LogP contribution is 2.16. The molecular formula is C20H29IN4O. The van der Waals surface area contributed by atoms with Gasteiger partial charge in [-0.2, -0.15) is 0 Å². The predicted molar refractivity (Wildman–Crippen MR) is 120 cm³/mol. The standard InChI is InChI=1S/C20H28N4O.HI/c1-5-21-19(23-14-18(25)24-20(2,3)4)22-13-15-10-11-16-8-6-7-9-17(16)12-15;/h6-12H,5,13-14H2,1-4H3,(H,24,25)(H2,21,22,23);1H. The second-order valence-electron chi connectivity index (χ2n) is 7.03. The Hall–Kier alpha value is -1.83. The van der Waals surface area contributed by atoms with Gasteiger partial charge in [-0.1, -0.05) is 36.4 Å². The van der Waals surface area contributed by atoms with Crippen LogP contribution >= 0.6 is 24.0 Å². The number of nitrogens with one attached hydrogen (secondary N) is 3. The van der Waals surface area contributed by atoms with Gasteiger partial charge >= 0.3 is 0 Å². The van der Waals surface area contributed by atoms with Gasteiger partial charge in [0, 0.05) is 12.1 Å². The van der Waals surface area contributed by atoms with Crippen molar-refractivity contribution in [3.05, 3.63) is 48.0 Å². The lowest BCUT2D eigenvalue weighted by Crippen LogP contribution is -2.48. The Morgan fingerprint density at radius 1 is 1.04 bits per heavy atom. The molecule has 2 rings (SSSR count). The average Bonchev–Trinajstić information content (AvgIpc) is 2.55. The van der Waals surface area contributed by atoms with E-state index in [2.05, 4.69) is 51.3 Å². The first kappa shape index (κ1) is 22.2. The number of hydrogen-bond acceptors (Lipinski definition) is 2. The molecule has 0 bridgehead atoms. The van der Waals surface area contributed by atoms with Crippen LogP contribution in [0.15, 0.2) is 47.5 Å². The molecule has 2 aromatic rings. The van der Waals surface area contributed by atoms with Gasteiger partial charge in [-0.25, -0.2) is 4.99 Å². The van der Waals surface area contributed by atoms with Gasteiger partial charge in [-0.05, 0) is 50.1 Å². The van der Waals surface area contributed by atoms with E-state index in [4.69, 9.17) is 0 Å². The summed E-state index contributed by atoms with van der Waals surface area (Å²) in [5.74, 6) is 0.587. The maximum Gasteiger partial charge on any atom is 0.239 e. The van der Waals surface area contributed by atoms with Crippen LogP contribution in [-0.2, 0) is 11.3 Å². The van der Waals surface area contributed by atoms with Gasteiger partial charge in [0.15, 0.2) is 5.96 Å². The van der Waals surface area contributed by atoms with E-state index in [9.17, 15) is 4.79 Å². The molecule has 0 unspecified atom stereocenters. The van der Waals surface area contributed by atoms with E-state index >= 15 is 0 Å². The summed E-state index contributed by atoms with van der Waals surface area (Å²) in [5.41, 5.74) is 0.898. The SMILES string of the molecule is CCNC(=NCc1ccc2ccccc2c1)NCC(=O)NC(C)(C)C.I. The molecule has 1 amide bonds. The Morgan fingerprint density at radius 2 is 1.73 bits per heavy atom. The third kappa shape index (κ3) is 7.59. The highest BCUT2D eigenvalue weighted by atomic mass is 127. The quantitative estimate of drug-likeness (QED) is 0.358.